The number of hydrogen-bond acceptors (Lipinski definition) is 2. The average Bonchev–Trinajstić information content (AvgIpc) is 2.32. The van der Waals surface area contributed by atoms with Crippen molar-refractivity contribution in [1.29, 1.82) is 0 Å². The van der Waals surface area contributed by atoms with Crippen LogP contribution in [0.4, 0.5) is 0 Å². The molecule has 16 heavy (non-hydrogen) atoms. The Morgan fingerprint density at radius 3 is 2.62 bits per heavy atom. The fourth-order valence-electron chi connectivity index (χ4n) is 1.66. The zero-order valence-corrected chi connectivity index (χ0v) is 9.90. The maximum absolute atomic E-state index is 11.9. The van der Waals surface area contributed by atoms with Crippen LogP contribution in [0.2, 0.25) is 0 Å². The molecule has 0 unspecified atom stereocenters. The Balaban J connectivity index is 2.57. The SMILES string of the molecule is CC[C@H](C(=O)NCCOC)c1ccccc1. The Morgan fingerprint density at radius 1 is 1.38 bits per heavy atom. The number of amides is 1. The minimum atomic E-state index is -0.0574. The van der Waals surface area contributed by atoms with Crippen LogP contribution in [0.5, 0.6) is 0 Å². The molecule has 1 amide bonds. The van der Waals surface area contributed by atoms with E-state index in [0.29, 0.717) is 13.2 Å². The van der Waals surface area contributed by atoms with Crippen LogP contribution in [-0.2, 0) is 9.53 Å². The zero-order chi connectivity index (χ0) is 11.8. The fraction of sp³-hybridized carbons (Fsp3) is 0.462. The largest absolute Gasteiger partial charge is 0.383 e. The molecule has 1 N–H and O–H groups in total. The smallest absolute Gasteiger partial charge is 0.227 e. The Kier molecular flexibility index (Phi) is 5.57. The first-order valence-electron chi connectivity index (χ1n) is 5.61. The van der Waals surface area contributed by atoms with Crippen LogP contribution >= 0.6 is 0 Å². The van der Waals surface area contributed by atoms with Gasteiger partial charge < -0.3 is 10.1 Å². The van der Waals surface area contributed by atoms with Crippen LogP contribution in [0, 0.1) is 0 Å². The van der Waals surface area contributed by atoms with Crippen molar-refractivity contribution in [1.82, 2.24) is 5.32 Å². The molecule has 0 aliphatic rings. The van der Waals surface area contributed by atoms with Crippen molar-refractivity contribution in [2.45, 2.75) is 19.3 Å². The molecule has 3 heteroatoms. The second-order valence-corrected chi connectivity index (χ2v) is 3.66. The molecule has 0 aliphatic heterocycles. The highest BCUT2D eigenvalue weighted by molar-refractivity contribution is 5.83. The molecule has 0 spiro atoms. The quantitative estimate of drug-likeness (QED) is 0.745. The lowest BCUT2D eigenvalue weighted by Crippen LogP contribution is -2.31. The maximum Gasteiger partial charge on any atom is 0.227 e. The Morgan fingerprint density at radius 2 is 2.06 bits per heavy atom. The standard InChI is InChI=1S/C13H19NO2/c1-3-12(11-7-5-4-6-8-11)13(15)14-9-10-16-2/h4-8,12H,3,9-10H2,1-2H3,(H,14,15)/t12-/m0/s1. The van der Waals surface area contributed by atoms with Crippen molar-refractivity contribution in [2.75, 3.05) is 20.3 Å². The van der Waals surface area contributed by atoms with Gasteiger partial charge in [-0.25, -0.2) is 0 Å². The molecule has 88 valence electrons. The summed E-state index contributed by atoms with van der Waals surface area (Å²) in [5.41, 5.74) is 1.07. The van der Waals surface area contributed by atoms with E-state index < -0.39 is 0 Å². The van der Waals surface area contributed by atoms with Crippen LogP contribution < -0.4 is 5.32 Å². The number of rotatable bonds is 6. The predicted molar refractivity (Wildman–Crippen MR) is 64.4 cm³/mol. The van der Waals surface area contributed by atoms with Crippen molar-refractivity contribution < 1.29 is 9.53 Å². The van der Waals surface area contributed by atoms with Gasteiger partial charge in [0.05, 0.1) is 12.5 Å². The van der Waals surface area contributed by atoms with Crippen LogP contribution in [0.15, 0.2) is 30.3 Å². The third kappa shape index (κ3) is 3.66. The molecule has 0 fully saturated rings. The van der Waals surface area contributed by atoms with Crippen molar-refractivity contribution in [3.05, 3.63) is 35.9 Å². The van der Waals surface area contributed by atoms with Crippen molar-refractivity contribution in [3.63, 3.8) is 0 Å². The second-order valence-electron chi connectivity index (χ2n) is 3.66. The summed E-state index contributed by atoms with van der Waals surface area (Å²) >= 11 is 0. The molecular weight excluding hydrogens is 202 g/mol. The minimum Gasteiger partial charge on any atom is -0.383 e. The first kappa shape index (κ1) is 12.7. The summed E-state index contributed by atoms with van der Waals surface area (Å²) in [6.07, 6.45) is 0.808. The van der Waals surface area contributed by atoms with Gasteiger partial charge in [0.25, 0.3) is 0 Å². The summed E-state index contributed by atoms with van der Waals surface area (Å²) in [6.45, 7) is 3.14. The molecule has 1 aromatic carbocycles. The van der Waals surface area contributed by atoms with Crippen molar-refractivity contribution in [2.24, 2.45) is 0 Å². The number of ether oxygens (including phenoxy) is 1. The van der Waals surface area contributed by atoms with Gasteiger partial charge in [0.15, 0.2) is 0 Å². The van der Waals surface area contributed by atoms with E-state index in [0.717, 1.165) is 12.0 Å². The van der Waals surface area contributed by atoms with E-state index in [1.54, 1.807) is 7.11 Å². The second kappa shape index (κ2) is 7.01. The average molecular weight is 221 g/mol. The number of carbonyl (C=O) groups is 1. The van der Waals surface area contributed by atoms with Crippen LogP contribution in [0.1, 0.15) is 24.8 Å². The molecule has 1 rings (SSSR count). The van der Waals surface area contributed by atoms with Gasteiger partial charge in [-0.15, -0.1) is 0 Å². The van der Waals surface area contributed by atoms with Gasteiger partial charge in [-0.3, -0.25) is 4.79 Å². The van der Waals surface area contributed by atoms with Gasteiger partial charge >= 0.3 is 0 Å². The van der Waals surface area contributed by atoms with Crippen LogP contribution in [0.25, 0.3) is 0 Å². The predicted octanol–water partition coefficient (Wildman–Crippen LogP) is 1.94. The first-order valence-corrected chi connectivity index (χ1v) is 5.61. The topological polar surface area (TPSA) is 38.3 Å². The van der Waals surface area contributed by atoms with Crippen LogP contribution in [-0.4, -0.2) is 26.2 Å². The molecule has 1 aromatic rings. The van der Waals surface area contributed by atoms with E-state index in [4.69, 9.17) is 4.74 Å². The van der Waals surface area contributed by atoms with Crippen molar-refractivity contribution >= 4 is 5.91 Å². The summed E-state index contributed by atoms with van der Waals surface area (Å²) in [7, 11) is 1.63. The van der Waals surface area contributed by atoms with Gasteiger partial charge in [-0.05, 0) is 12.0 Å². The molecule has 0 bridgehead atoms. The highest BCUT2D eigenvalue weighted by Crippen LogP contribution is 2.18. The highest BCUT2D eigenvalue weighted by Gasteiger charge is 2.17. The number of carbonyl (C=O) groups excluding carboxylic acids is 1. The summed E-state index contributed by atoms with van der Waals surface area (Å²) < 4.78 is 4.90. The van der Waals surface area contributed by atoms with E-state index in [9.17, 15) is 4.79 Å². The van der Waals surface area contributed by atoms with E-state index >= 15 is 0 Å². The monoisotopic (exact) mass is 221 g/mol. The Bertz CT molecular complexity index is 311. The van der Waals surface area contributed by atoms with E-state index in [2.05, 4.69) is 5.32 Å². The molecule has 0 heterocycles. The molecule has 0 radical (unpaired) electrons. The van der Waals surface area contributed by atoms with Gasteiger partial charge in [-0.2, -0.15) is 0 Å². The van der Waals surface area contributed by atoms with Gasteiger partial charge in [-0.1, -0.05) is 37.3 Å². The van der Waals surface area contributed by atoms with Gasteiger partial charge in [0.2, 0.25) is 5.91 Å². The third-order valence-electron chi connectivity index (χ3n) is 2.53. The molecule has 1 atom stereocenters. The lowest BCUT2D eigenvalue weighted by Gasteiger charge is -2.15. The number of nitrogens with one attached hydrogen (secondary N) is 1. The lowest BCUT2D eigenvalue weighted by molar-refractivity contribution is -0.122. The van der Waals surface area contributed by atoms with E-state index in [1.807, 2.05) is 37.3 Å². The van der Waals surface area contributed by atoms with Gasteiger partial charge in [0, 0.05) is 13.7 Å². The summed E-state index contributed by atoms with van der Waals surface area (Å²) in [6, 6.07) is 9.86. The number of methoxy groups -OCH3 is 1. The van der Waals surface area contributed by atoms with E-state index in [-0.39, 0.29) is 11.8 Å². The van der Waals surface area contributed by atoms with Gasteiger partial charge in [0.1, 0.15) is 0 Å². The fourth-order valence-corrected chi connectivity index (χ4v) is 1.66. The summed E-state index contributed by atoms with van der Waals surface area (Å²) in [5.74, 6) is 0.0174. The summed E-state index contributed by atoms with van der Waals surface area (Å²) in [5, 5.41) is 2.87. The molecule has 0 aliphatic carbocycles. The third-order valence-corrected chi connectivity index (χ3v) is 2.53. The molecule has 3 nitrogen and oxygen atoms in total. The molecule has 0 saturated carbocycles. The normalized spacial score (nSPS) is 12.1. The first-order chi connectivity index (χ1) is 7.79. The molecular formula is C13H19NO2. The molecule has 0 aromatic heterocycles. The maximum atomic E-state index is 11.9. The number of benzene rings is 1. The van der Waals surface area contributed by atoms with E-state index in [1.165, 1.54) is 0 Å². The summed E-state index contributed by atoms with van der Waals surface area (Å²) in [4.78, 5) is 11.9. The Labute approximate surface area is 96.8 Å². The van der Waals surface area contributed by atoms with Crippen molar-refractivity contribution in [3.8, 4) is 0 Å². The zero-order valence-electron chi connectivity index (χ0n) is 9.90. The molecule has 0 saturated heterocycles. The number of hydrogen-bond donors (Lipinski definition) is 1. The lowest BCUT2D eigenvalue weighted by atomic mass is 9.96. The minimum absolute atomic E-state index is 0.0574. The Hall–Kier alpha value is -1.35. The van der Waals surface area contributed by atoms with Crippen LogP contribution in [0.3, 0.4) is 0 Å². The highest BCUT2D eigenvalue weighted by atomic mass is 16.5.